The molecule has 4 heterocycles. The largest absolute Gasteiger partial charge is 0.477 e. The van der Waals surface area contributed by atoms with Gasteiger partial charge in [-0.05, 0) is 49.3 Å². The maximum absolute atomic E-state index is 15.2. The Bertz CT molecular complexity index is 1620. The predicted octanol–water partition coefficient (Wildman–Crippen LogP) is 3.53. The average molecular weight is 523 g/mol. The molecule has 0 unspecified atom stereocenters. The number of aromatic carboxylic acids is 1. The maximum Gasteiger partial charge on any atom is 0.341 e. The van der Waals surface area contributed by atoms with Gasteiger partial charge in [0.1, 0.15) is 17.1 Å². The fourth-order valence-electron chi connectivity index (χ4n) is 4.72. The van der Waals surface area contributed by atoms with Crippen molar-refractivity contribution in [2.75, 3.05) is 31.1 Å². The van der Waals surface area contributed by atoms with Crippen LogP contribution in [0.2, 0.25) is 0 Å². The number of hydrogen-bond acceptors (Lipinski definition) is 8. The lowest BCUT2D eigenvalue weighted by Crippen LogP contribution is -2.47. The molecule has 1 aliphatic heterocycles. The molecule has 1 aliphatic carbocycles. The van der Waals surface area contributed by atoms with Crippen LogP contribution in [0, 0.1) is 10.7 Å². The number of carboxylic acid groups (broad SMARTS) is 1. The van der Waals surface area contributed by atoms with Crippen LogP contribution < -0.4 is 10.3 Å². The third-order valence-corrected chi connectivity index (χ3v) is 7.10. The topological polar surface area (TPSA) is 110 Å². The molecule has 1 aromatic carbocycles. The molecular weight excluding hydrogens is 499 g/mol. The van der Waals surface area contributed by atoms with E-state index in [1.807, 2.05) is 21.6 Å². The van der Waals surface area contributed by atoms with Crippen molar-refractivity contribution in [2.24, 2.45) is 0 Å². The minimum atomic E-state index is -1.30. The Kier molecular flexibility index (Phi) is 5.84. The predicted molar refractivity (Wildman–Crippen MR) is 136 cm³/mol. The summed E-state index contributed by atoms with van der Waals surface area (Å²) in [6.07, 6.45) is 4.85. The Hall–Kier alpha value is -3.90. The molecule has 2 aliphatic rings. The summed E-state index contributed by atoms with van der Waals surface area (Å²) in [7, 11) is 0. The molecule has 1 saturated heterocycles. The van der Waals surface area contributed by atoms with Crippen LogP contribution in [0.4, 0.5) is 10.1 Å². The van der Waals surface area contributed by atoms with E-state index in [4.69, 9.17) is 16.6 Å². The lowest BCUT2D eigenvalue weighted by Gasteiger charge is -2.36. The second kappa shape index (κ2) is 9.20. The number of rotatable bonds is 6. The molecule has 0 atom stereocenters. The fraction of sp³-hybridized carbons (Fsp3) is 0.320. The molecule has 2 fully saturated rings. The van der Waals surface area contributed by atoms with Crippen LogP contribution in [0.5, 0.6) is 0 Å². The normalized spacial score (nSPS) is 16.4. The number of piperazine rings is 1. The Morgan fingerprint density at radius 3 is 2.65 bits per heavy atom. The van der Waals surface area contributed by atoms with Gasteiger partial charge >= 0.3 is 5.97 Å². The maximum atomic E-state index is 15.2. The van der Waals surface area contributed by atoms with E-state index >= 15 is 4.39 Å². The van der Waals surface area contributed by atoms with Crippen LogP contribution in [-0.2, 0) is 6.67 Å². The molecule has 10 nitrogen and oxygen atoms in total. The Labute approximate surface area is 215 Å². The van der Waals surface area contributed by atoms with E-state index in [-0.39, 0.29) is 21.8 Å². The zero-order chi connectivity index (χ0) is 25.7. The zero-order valence-corrected chi connectivity index (χ0v) is 20.5. The number of hydrogen-bond donors (Lipinski definition) is 1. The van der Waals surface area contributed by atoms with E-state index in [1.54, 1.807) is 23.0 Å². The Morgan fingerprint density at radius 2 is 1.97 bits per heavy atom. The van der Waals surface area contributed by atoms with Gasteiger partial charge in [-0.3, -0.25) is 14.7 Å². The third-order valence-electron chi connectivity index (χ3n) is 6.81. The number of anilines is 1. The van der Waals surface area contributed by atoms with Gasteiger partial charge in [-0.2, -0.15) is 0 Å². The molecule has 12 heteroatoms. The van der Waals surface area contributed by atoms with E-state index in [0.29, 0.717) is 55.6 Å². The minimum Gasteiger partial charge on any atom is -0.477 e. The molecule has 0 spiro atoms. The van der Waals surface area contributed by atoms with E-state index in [9.17, 15) is 14.7 Å². The lowest BCUT2D eigenvalue weighted by atomic mass is 10.1. The van der Waals surface area contributed by atoms with Gasteiger partial charge in [-0.1, -0.05) is 6.07 Å². The number of halogens is 1. The summed E-state index contributed by atoms with van der Waals surface area (Å²) in [5, 5.41) is 14.0. The van der Waals surface area contributed by atoms with Crippen molar-refractivity contribution in [1.82, 2.24) is 24.2 Å². The standard InChI is InChI=1S/C25H23FN6O4S/c26-18-11-16-20(31(15-4-5-15)13-17(22(16)33)24(34)35)12-21(18)30-9-7-29(8-10-30)14-32-25(37)36-23(28-32)19-3-1-2-6-27-19/h1-3,6,11-13,15H,4-5,7-10,14H2,(H,34,35). The van der Waals surface area contributed by atoms with Gasteiger partial charge in [0.2, 0.25) is 5.43 Å². The van der Waals surface area contributed by atoms with Crippen LogP contribution in [0.3, 0.4) is 0 Å². The summed E-state index contributed by atoms with van der Waals surface area (Å²) < 4.78 is 24.3. The molecule has 1 saturated carbocycles. The smallest absolute Gasteiger partial charge is 0.341 e. The molecule has 3 aromatic heterocycles. The van der Waals surface area contributed by atoms with Crippen molar-refractivity contribution in [3.05, 3.63) is 69.2 Å². The van der Waals surface area contributed by atoms with Gasteiger partial charge in [0.25, 0.3) is 10.7 Å². The second-order valence-electron chi connectivity index (χ2n) is 9.27. The second-order valence-corrected chi connectivity index (χ2v) is 9.62. The zero-order valence-electron chi connectivity index (χ0n) is 19.7. The molecule has 4 aromatic rings. The minimum absolute atomic E-state index is 0.0933. The van der Waals surface area contributed by atoms with Crippen molar-refractivity contribution < 1.29 is 18.7 Å². The first-order valence-electron chi connectivity index (χ1n) is 12.0. The number of fused-ring (bicyclic) bond motifs is 1. The molecule has 0 radical (unpaired) electrons. The summed E-state index contributed by atoms with van der Waals surface area (Å²) in [5.74, 6) is -1.49. The summed E-state index contributed by atoms with van der Waals surface area (Å²) in [4.78, 5) is 32.9. The molecular formula is C25H23FN6O4S. The monoisotopic (exact) mass is 522 g/mol. The summed E-state index contributed by atoms with van der Waals surface area (Å²) in [5.41, 5.74) is 0.567. The molecule has 6 rings (SSSR count). The van der Waals surface area contributed by atoms with Crippen molar-refractivity contribution >= 4 is 34.8 Å². The molecule has 1 N–H and O–H groups in total. The number of carboxylic acids is 1. The SMILES string of the molecule is O=C(O)c1cn(C2CC2)c2cc(N3CCN(Cn4nc(-c5ccccn5)oc4=S)CC3)c(F)cc2c1=O. The van der Waals surface area contributed by atoms with Crippen LogP contribution in [0.15, 0.2) is 51.9 Å². The van der Waals surface area contributed by atoms with Gasteiger partial charge in [-0.25, -0.2) is 13.9 Å². The van der Waals surface area contributed by atoms with Crippen molar-refractivity contribution in [3.63, 3.8) is 0 Å². The van der Waals surface area contributed by atoms with Crippen LogP contribution in [-0.4, -0.2) is 61.5 Å². The van der Waals surface area contributed by atoms with Gasteiger partial charge in [0.05, 0.1) is 17.9 Å². The summed E-state index contributed by atoms with van der Waals surface area (Å²) >= 11 is 5.33. The first-order chi connectivity index (χ1) is 17.9. The molecule has 0 amide bonds. The Morgan fingerprint density at radius 1 is 1.19 bits per heavy atom. The lowest BCUT2D eigenvalue weighted by molar-refractivity contribution is 0.0695. The Balaban J connectivity index is 1.22. The van der Waals surface area contributed by atoms with Crippen molar-refractivity contribution in [2.45, 2.75) is 25.6 Å². The van der Waals surface area contributed by atoms with E-state index in [1.165, 1.54) is 12.3 Å². The highest BCUT2D eigenvalue weighted by Crippen LogP contribution is 2.38. The molecule has 190 valence electrons. The van der Waals surface area contributed by atoms with E-state index < -0.39 is 17.2 Å². The molecule has 37 heavy (non-hydrogen) atoms. The molecule has 0 bridgehead atoms. The van der Waals surface area contributed by atoms with Crippen molar-refractivity contribution in [3.8, 4) is 11.6 Å². The van der Waals surface area contributed by atoms with Crippen LogP contribution in [0.1, 0.15) is 29.2 Å². The summed E-state index contributed by atoms with van der Waals surface area (Å²) in [6, 6.07) is 8.44. The van der Waals surface area contributed by atoms with Gasteiger partial charge in [0.15, 0.2) is 0 Å². The van der Waals surface area contributed by atoms with E-state index in [0.717, 1.165) is 12.8 Å². The highest BCUT2D eigenvalue weighted by Gasteiger charge is 2.28. The van der Waals surface area contributed by atoms with Crippen LogP contribution in [0.25, 0.3) is 22.5 Å². The number of carbonyl (C=O) groups is 1. The average Bonchev–Trinajstić information content (AvgIpc) is 3.68. The third kappa shape index (κ3) is 4.42. The van der Waals surface area contributed by atoms with Gasteiger partial charge < -0.3 is 19.0 Å². The highest BCUT2D eigenvalue weighted by atomic mass is 32.1. The summed E-state index contributed by atoms with van der Waals surface area (Å²) in [6.45, 7) is 2.82. The number of aromatic nitrogens is 4. The van der Waals surface area contributed by atoms with Gasteiger partial charge in [0, 0.05) is 50.0 Å². The number of pyridine rings is 2. The van der Waals surface area contributed by atoms with Crippen LogP contribution >= 0.6 is 12.2 Å². The van der Waals surface area contributed by atoms with Crippen molar-refractivity contribution in [1.29, 1.82) is 0 Å². The quantitative estimate of drug-likeness (QED) is 0.380. The fourth-order valence-corrected chi connectivity index (χ4v) is 4.89. The first kappa shape index (κ1) is 23.5. The number of nitrogens with zero attached hydrogens (tertiary/aromatic N) is 6. The van der Waals surface area contributed by atoms with Gasteiger partial charge in [-0.15, -0.1) is 5.10 Å². The highest BCUT2D eigenvalue weighted by molar-refractivity contribution is 7.71. The van der Waals surface area contributed by atoms with E-state index in [2.05, 4.69) is 15.0 Å². The first-order valence-corrected chi connectivity index (χ1v) is 12.4. The number of benzene rings is 1.